The first-order valence-corrected chi connectivity index (χ1v) is 2.70. The predicted molar refractivity (Wildman–Crippen MR) is 38.5 cm³/mol. The van der Waals surface area contributed by atoms with Crippen molar-refractivity contribution >= 4 is 11.8 Å². The van der Waals surface area contributed by atoms with Gasteiger partial charge < -0.3 is 16.6 Å². The fraction of sp³-hybridized carbons (Fsp3) is 0. The largest absolute Gasteiger partial charge is 0.492 e. The molecule has 0 spiro atoms. The summed E-state index contributed by atoms with van der Waals surface area (Å²) in [5.41, 5.74) is 9.40. The Morgan fingerprint density at radius 3 is 2.45 bits per heavy atom. The number of nitrogens with two attached hydrogens (primary N) is 2. The average molecular weight is 157 g/mol. The van der Waals surface area contributed by atoms with Crippen LogP contribution in [0.4, 0.5) is 5.82 Å². The Labute approximate surface area is 60.8 Å². The van der Waals surface area contributed by atoms with Crippen molar-refractivity contribution in [3.8, 4) is 5.88 Å². The summed E-state index contributed by atoms with van der Waals surface area (Å²) >= 11 is 0. The molecular weight excluding hydrogens is 150 g/mol. The highest BCUT2D eigenvalue weighted by atomic mass is 16.3. The topological polar surface area (TPSA) is 133 Å². The lowest BCUT2D eigenvalue weighted by atomic mass is 10.7. The average Bonchev–Trinajstić information content (AvgIpc) is 2.09. The van der Waals surface area contributed by atoms with Gasteiger partial charge in [0.25, 0.3) is 0 Å². The van der Waals surface area contributed by atoms with Gasteiger partial charge >= 0.3 is 5.69 Å². The second-order valence-electron chi connectivity index (χ2n) is 1.81. The molecule has 1 aromatic rings. The van der Waals surface area contributed by atoms with Crippen molar-refractivity contribution in [2.75, 3.05) is 0 Å². The van der Waals surface area contributed by atoms with Gasteiger partial charge in [0.2, 0.25) is 5.88 Å². The molecule has 0 fully saturated rings. The number of aromatic nitrogens is 2. The van der Waals surface area contributed by atoms with Crippen LogP contribution >= 0.6 is 0 Å². The van der Waals surface area contributed by atoms with Crippen LogP contribution in [0.3, 0.4) is 0 Å². The first-order chi connectivity index (χ1) is 5.09. The Kier molecular flexibility index (Phi) is 1.55. The quantitative estimate of drug-likeness (QED) is 0.245. The summed E-state index contributed by atoms with van der Waals surface area (Å²) in [7, 11) is 0. The summed E-state index contributed by atoms with van der Waals surface area (Å²) in [6.07, 6.45) is 0. The Morgan fingerprint density at radius 2 is 2.09 bits per heavy atom. The molecule has 0 amide bonds. The highest BCUT2D eigenvalue weighted by molar-refractivity contribution is 5.78. The fourth-order valence-electron chi connectivity index (χ4n) is 0.575. The van der Waals surface area contributed by atoms with Gasteiger partial charge in [0.1, 0.15) is 0 Å². The number of rotatable bonds is 1. The third kappa shape index (κ3) is 1.51. The van der Waals surface area contributed by atoms with Gasteiger partial charge in [-0.25, -0.2) is 4.79 Å². The molecular formula is C4H7N5O2. The SMILES string of the molecule is NC(N)=Nc1[nH]c(=O)[nH]c1O. The van der Waals surface area contributed by atoms with Crippen LogP contribution < -0.4 is 17.2 Å². The van der Waals surface area contributed by atoms with E-state index in [-0.39, 0.29) is 17.7 Å². The molecule has 0 saturated carbocycles. The van der Waals surface area contributed by atoms with E-state index < -0.39 is 5.69 Å². The number of guanidine groups is 1. The summed E-state index contributed by atoms with van der Waals surface area (Å²) in [6, 6.07) is 0. The zero-order valence-electron chi connectivity index (χ0n) is 5.46. The maximum Gasteiger partial charge on any atom is 0.327 e. The predicted octanol–water partition coefficient (Wildman–Crippen LogP) is -1.69. The molecule has 1 heterocycles. The molecule has 0 bridgehead atoms. The van der Waals surface area contributed by atoms with Crippen molar-refractivity contribution in [2.45, 2.75) is 0 Å². The normalized spacial score (nSPS) is 9.45. The number of aromatic amines is 2. The number of imidazole rings is 1. The van der Waals surface area contributed by atoms with Crippen LogP contribution in [0.25, 0.3) is 0 Å². The Balaban J connectivity index is 3.14. The van der Waals surface area contributed by atoms with Gasteiger partial charge in [0, 0.05) is 0 Å². The van der Waals surface area contributed by atoms with Gasteiger partial charge in [-0.15, -0.1) is 0 Å². The zero-order chi connectivity index (χ0) is 8.43. The van der Waals surface area contributed by atoms with Gasteiger partial charge in [-0.1, -0.05) is 0 Å². The summed E-state index contributed by atoms with van der Waals surface area (Å²) in [4.78, 5) is 18.1. The molecule has 7 heteroatoms. The minimum absolute atomic E-state index is 0.0741. The smallest absolute Gasteiger partial charge is 0.327 e. The summed E-state index contributed by atoms with van der Waals surface area (Å²) in [6.45, 7) is 0. The number of hydrogen-bond donors (Lipinski definition) is 5. The lowest BCUT2D eigenvalue weighted by molar-refractivity contribution is 0.457. The first kappa shape index (κ1) is 7.19. The Bertz CT molecular complexity index is 330. The van der Waals surface area contributed by atoms with E-state index in [9.17, 15) is 4.79 Å². The number of aliphatic imine (C=N–C) groups is 1. The highest BCUT2D eigenvalue weighted by Crippen LogP contribution is 2.16. The van der Waals surface area contributed by atoms with E-state index in [2.05, 4.69) is 9.98 Å². The van der Waals surface area contributed by atoms with Crippen LogP contribution in [0, 0.1) is 0 Å². The molecule has 0 radical (unpaired) electrons. The van der Waals surface area contributed by atoms with Gasteiger partial charge in [-0.3, -0.25) is 9.97 Å². The van der Waals surface area contributed by atoms with Crippen molar-refractivity contribution in [3.05, 3.63) is 10.5 Å². The molecule has 7 nitrogen and oxygen atoms in total. The Morgan fingerprint density at radius 1 is 1.45 bits per heavy atom. The van der Waals surface area contributed by atoms with Crippen molar-refractivity contribution < 1.29 is 5.11 Å². The molecule has 0 saturated heterocycles. The second-order valence-corrected chi connectivity index (χ2v) is 1.81. The minimum atomic E-state index is -0.567. The van der Waals surface area contributed by atoms with E-state index in [4.69, 9.17) is 16.6 Å². The van der Waals surface area contributed by atoms with E-state index in [1.807, 2.05) is 4.98 Å². The molecule has 0 aliphatic rings. The first-order valence-electron chi connectivity index (χ1n) is 2.70. The third-order valence-electron chi connectivity index (χ3n) is 0.929. The number of nitrogens with one attached hydrogen (secondary N) is 2. The van der Waals surface area contributed by atoms with Crippen molar-refractivity contribution in [2.24, 2.45) is 16.5 Å². The standard InChI is InChI=1S/C4H7N5O2/c5-3(6)7-1-2(10)9-4(11)8-1/h10H,(H4,5,6,7)(H2,8,9,11). The second kappa shape index (κ2) is 2.37. The lowest BCUT2D eigenvalue weighted by Gasteiger charge is -1.88. The van der Waals surface area contributed by atoms with E-state index >= 15 is 0 Å². The Hall–Kier alpha value is -1.92. The zero-order valence-corrected chi connectivity index (χ0v) is 5.46. The molecule has 1 rings (SSSR count). The van der Waals surface area contributed by atoms with Crippen LogP contribution in [0.2, 0.25) is 0 Å². The highest BCUT2D eigenvalue weighted by Gasteiger charge is 2.02. The fourth-order valence-corrected chi connectivity index (χ4v) is 0.575. The monoisotopic (exact) mass is 157 g/mol. The molecule has 1 aromatic heterocycles. The van der Waals surface area contributed by atoms with Crippen LogP contribution in [-0.2, 0) is 0 Å². The van der Waals surface area contributed by atoms with E-state index in [1.165, 1.54) is 0 Å². The molecule has 0 atom stereocenters. The number of H-pyrrole nitrogens is 2. The van der Waals surface area contributed by atoms with Crippen molar-refractivity contribution in [1.29, 1.82) is 0 Å². The number of nitrogens with zero attached hydrogens (tertiary/aromatic N) is 1. The van der Waals surface area contributed by atoms with Crippen LogP contribution in [0.15, 0.2) is 9.79 Å². The molecule has 60 valence electrons. The number of hydrogen-bond acceptors (Lipinski definition) is 3. The minimum Gasteiger partial charge on any atom is -0.492 e. The van der Waals surface area contributed by atoms with Gasteiger partial charge in [0.05, 0.1) is 0 Å². The van der Waals surface area contributed by atoms with Crippen LogP contribution in [0.1, 0.15) is 0 Å². The van der Waals surface area contributed by atoms with E-state index in [0.717, 1.165) is 0 Å². The van der Waals surface area contributed by atoms with E-state index in [0.29, 0.717) is 0 Å². The molecule has 0 aliphatic carbocycles. The summed E-state index contributed by atoms with van der Waals surface area (Å²) < 4.78 is 0. The van der Waals surface area contributed by atoms with Crippen LogP contribution in [0.5, 0.6) is 5.88 Å². The number of aromatic hydroxyl groups is 1. The summed E-state index contributed by atoms with van der Waals surface area (Å²) in [5.74, 6) is -0.700. The van der Waals surface area contributed by atoms with Crippen molar-refractivity contribution in [1.82, 2.24) is 9.97 Å². The third-order valence-corrected chi connectivity index (χ3v) is 0.929. The maximum atomic E-state index is 10.5. The molecule has 11 heavy (non-hydrogen) atoms. The van der Waals surface area contributed by atoms with Crippen LogP contribution in [-0.4, -0.2) is 21.0 Å². The van der Waals surface area contributed by atoms with E-state index in [1.54, 1.807) is 0 Å². The molecule has 0 unspecified atom stereocenters. The van der Waals surface area contributed by atoms with Crippen molar-refractivity contribution in [3.63, 3.8) is 0 Å². The molecule has 0 aliphatic heterocycles. The van der Waals surface area contributed by atoms with Gasteiger partial charge in [-0.05, 0) is 0 Å². The molecule has 7 N–H and O–H groups in total. The van der Waals surface area contributed by atoms with Gasteiger partial charge in [0.15, 0.2) is 11.8 Å². The lowest BCUT2D eigenvalue weighted by Crippen LogP contribution is -2.22. The molecule has 0 aromatic carbocycles. The van der Waals surface area contributed by atoms with Gasteiger partial charge in [-0.2, -0.15) is 4.99 Å². The summed E-state index contributed by atoms with van der Waals surface area (Å²) in [5, 5.41) is 8.88. The maximum absolute atomic E-state index is 10.5.